The Bertz CT molecular complexity index is 629. The molecule has 3 heterocycles. The van der Waals surface area contributed by atoms with Crippen LogP contribution in [0.5, 0.6) is 0 Å². The van der Waals surface area contributed by atoms with E-state index in [1.165, 1.54) is 37.8 Å². The Labute approximate surface area is 163 Å². The third kappa shape index (κ3) is 4.88. The minimum absolute atomic E-state index is 0.245. The van der Waals surface area contributed by atoms with Crippen molar-refractivity contribution in [1.82, 2.24) is 20.1 Å². The number of carbonyl (C=O) groups excluding carboxylic acids is 1. The number of nitrogens with zero attached hydrogens (tertiary/aromatic N) is 3. The minimum atomic E-state index is 0.245. The molecule has 148 valence electrons. The monoisotopic (exact) mass is 370 g/mol. The topological polar surface area (TPSA) is 48.5 Å². The molecule has 1 aliphatic carbocycles. The van der Waals surface area contributed by atoms with Gasteiger partial charge in [-0.2, -0.15) is 0 Å². The number of hydrogen-bond donors (Lipinski definition) is 1. The maximum atomic E-state index is 12.4. The highest BCUT2D eigenvalue weighted by Gasteiger charge is 2.32. The second kappa shape index (κ2) is 8.70. The van der Waals surface area contributed by atoms with Gasteiger partial charge in [-0.1, -0.05) is 6.07 Å². The van der Waals surface area contributed by atoms with Gasteiger partial charge in [0.25, 0.3) is 0 Å². The first-order valence-corrected chi connectivity index (χ1v) is 10.9. The van der Waals surface area contributed by atoms with Crippen LogP contribution in [0, 0.1) is 12.8 Å². The van der Waals surface area contributed by atoms with Crippen molar-refractivity contribution in [2.75, 3.05) is 26.2 Å². The summed E-state index contributed by atoms with van der Waals surface area (Å²) in [5.74, 6) is 0.564. The van der Waals surface area contributed by atoms with E-state index in [0.29, 0.717) is 18.0 Å². The van der Waals surface area contributed by atoms with Gasteiger partial charge < -0.3 is 10.2 Å². The molecule has 5 nitrogen and oxygen atoms in total. The van der Waals surface area contributed by atoms with Gasteiger partial charge in [-0.05, 0) is 77.1 Å². The van der Waals surface area contributed by atoms with Gasteiger partial charge in [-0.3, -0.25) is 14.7 Å². The number of hydrogen-bond acceptors (Lipinski definition) is 4. The Balaban J connectivity index is 1.18. The molecule has 0 spiro atoms. The van der Waals surface area contributed by atoms with Crippen LogP contribution in [0.1, 0.15) is 56.3 Å². The fourth-order valence-corrected chi connectivity index (χ4v) is 4.76. The van der Waals surface area contributed by atoms with Gasteiger partial charge in [-0.25, -0.2) is 0 Å². The summed E-state index contributed by atoms with van der Waals surface area (Å²) in [6, 6.07) is 7.48. The number of rotatable bonds is 5. The van der Waals surface area contributed by atoms with Crippen LogP contribution in [0.2, 0.25) is 0 Å². The summed E-state index contributed by atoms with van der Waals surface area (Å²) in [4.78, 5) is 22.2. The zero-order chi connectivity index (χ0) is 18.6. The van der Waals surface area contributed by atoms with E-state index in [0.717, 1.165) is 51.3 Å². The molecule has 0 atom stereocenters. The molecule has 0 aromatic carbocycles. The number of piperidine rings is 2. The number of likely N-dealkylation sites (tertiary alicyclic amines) is 2. The summed E-state index contributed by atoms with van der Waals surface area (Å²) in [6.45, 7) is 7.52. The predicted octanol–water partition coefficient (Wildman–Crippen LogP) is 2.74. The normalized spacial score (nSPS) is 23.9. The second-order valence-electron chi connectivity index (χ2n) is 8.72. The fraction of sp³-hybridized carbons (Fsp3) is 0.727. The van der Waals surface area contributed by atoms with Crippen LogP contribution in [-0.2, 0) is 11.3 Å². The summed E-state index contributed by atoms with van der Waals surface area (Å²) in [5.41, 5.74) is 2.29. The van der Waals surface area contributed by atoms with Gasteiger partial charge in [-0.15, -0.1) is 0 Å². The molecular formula is C22H34N4O. The van der Waals surface area contributed by atoms with Crippen molar-refractivity contribution in [1.29, 1.82) is 0 Å². The van der Waals surface area contributed by atoms with Crippen LogP contribution in [0.15, 0.2) is 18.2 Å². The van der Waals surface area contributed by atoms with E-state index in [9.17, 15) is 4.79 Å². The number of carbonyl (C=O) groups is 1. The molecule has 1 aromatic rings. The Hall–Kier alpha value is -1.46. The average Bonchev–Trinajstić information content (AvgIpc) is 2.65. The molecular weight excluding hydrogens is 336 g/mol. The maximum Gasteiger partial charge on any atom is 0.223 e. The summed E-state index contributed by atoms with van der Waals surface area (Å²) in [6.07, 6.45) is 8.19. The van der Waals surface area contributed by atoms with Crippen LogP contribution >= 0.6 is 0 Å². The number of aromatic nitrogens is 1. The number of amides is 1. The highest BCUT2D eigenvalue weighted by atomic mass is 16.2. The van der Waals surface area contributed by atoms with Crippen molar-refractivity contribution in [3.63, 3.8) is 0 Å². The van der Waals surface area contributed by atoms with Crippen molar-refractivity contribution in [2.45, 2.75) is 70.5 Å². The van der Waals surface area contributed by atoms with Crippen molar-refractivity contribution >= 4 is 5.91 Å². The lowest BCUT2D eigenvalue weighted by molar-refractivity contribution is -0.128. The lowest BCUT2D eigenvalue weighted by atomic mass is 9.89. The number of aryl methyl sites for hydroxylation is 1. The van der Waals surface area contributed by atoms with E-state index in [1.807, 2.05) is 0 Å². The Morgan fingerprint density at radius 3 is 2.44 bits per heavy atom. The molecule has 4 rings (SSSR count). The molecule has 1 saturated carbocycles. The first kappa shape index (κ1) is 18.9. The molecule has 1 N–H and O–H groups in total. The van der Waals surface area contributed by atoms with Crippen LogP contribution in [-0.4, -0.2) is 59.0 Å². The van der Waals surface area contributed by atoms with Crippen LogP contribution in [0.3, 0.4) is 0 Å². The van der Waals surface area contributed by atoms with Crippen molar-refractivity contribution in [3.8, 4) is 0 Å². The number of pyridine rings is 1. The van der Waals surface area contributed by atoms with E-state index < -0.39 is 0 Å². The van der Waals surface area contributed by atoms with Gasteiger partial charge in [0, 0.05) is 43.3 Å². The SMILES string of the molecule is Cc1cccc(CN2CCC(N3CCC(C(=O)NC4CCC4)CC3)CC2)n1. The summed E-state index contributed by atoms with van der Waals surface area (Å²) < 4.78 is 0. The van der Waals surface area contributed by atoms with Crippen LogP contribution in [0.25, 0.3) is 0 Å². The molecule has 5 heteroatoms. The van der Waals surface area contributed by atoms with Gasteiger partial charge in [0.1, 0.15) is 0 Å². The summed E-state index contributed by atoms with van der Waals surface area (Å²) in [5, 5.41) is 3.24. The number of nitrogens with one attached hydrogen (secondary N) is 1. The zero-order valence-electron chi connectivity index (χ0n) is 16.7. The molecule has 3 aliphatic rings. The lowest BCUT2D eigenvalue weighted by Crippen LogP contribution is -2.50. The Morgan fingerprint density at radius 1 is 1.07 bits per heavy atom. The first-order chi connectivity index (χ1) is 13.2. The molecule has 1 aromatic heterocycles. The predicted molar refractivity (Wildman–Crippen MR) is 107 cm³/mol. The van der Waals surface area contributed by atoms with Crippen LogP contribution < -0.4 is 5.32 Å². The molecule has 2 saturated heterocycles. The van der Waals surface area contributed by atoms with E-state index >= 15 is 0 Å². The summed E-state index contributed by atoms with van der Waals surface area (Å²) >= 11 is 0. The minimum Gasteiger partial charge on any atom is -0.353 e. The Morgan fingerprint density at radius 2 is 1.81 bits per heavy atom. The fourth-order valence-electron chi connectivity index (χ4n) is 4.76. The van der Waals surface area contributed by atoms with Gasteiger partial charge in [0.05, 0.1) is 5.69 Å². The van der Waals surface area contributed by atoms with Crippen LogP contribution in [0.4, 0.5) is 0 Å². The van der Waals surface area contributed by atoms with Gasteiger partial charge in [0.15, 0.2) is 0 Å². The average molecular weight is 371 g/mol. The Kier molecular flexibility index (Phi) is 6.08. The first-order valence-electron chi connectivity index (χ1n) is 10.9. The molecule has 3 fully saturated rings. The molecule has 27 heavy (non-hydrogen) atoms. The quantitative estimate of drug-likeness (QED) is 0.866. The molecule has 1 amide bonds. The van der Waals surface area contributed by atoms with Crippen molar-refractivity contribution < 1.29 is 4.79 Å². The van der Waals surface area contributed by atoms with E-state index in [4.69, 9.17) is 0 Å². The highest BCUT2D eigenvalue weighted by molar-refractivity contribution is 5.79. The van der Waals surface area contributed by atoms with E-state index in [2.05, 4.69) is 45.2 Å². The van der Waals surface area contributed by atoms with Crippen molar-refractivity contribution in [3.05, 3.63) is 29.6 Å². The molecule has 0 unspecified atom stereocenters. The summed E-state index contributed by atoms with van der Waals surface area (Å²) in [7, 11) is 0. The third-order valence-corrected chi connectivity index (χ3v) is 6.76. The van der Waals surface area contributed by atoms with Gasteiger partial charge in [0.2, 0.25) is 5.91 Å². The third-order valence-electron chi connectivity index (χ3n) is 6.76. The maximum absolute atomic E-state index is 12.4. The molecule has 2 aliphatic heterocycles. The zero-order valence-corrected chi connectivity index (χ0v) is 16.7. The largest absolute Gasteiger partial charge is 0.353 e. The van der Waals surface area contributed by atoms with E-state index in [-0.39, 0.29) is 5.92 Å². The van der Waals surface area contributed by atoms with Crippen molar-refractivity contribution in [2.24, 2.45) is 5.92 Å². The van der Waals surface area contributed by atoms with Gasteiger partial charge >= 0.3 is 0 Å². The highest BCUT2D eigenvalue weighted by Crippen LogP contribution is 2.26. The standard InChI is InChI=1S/C22H34N4O/c1-17-4-2-7-20(23-17)16-25-12-10-21(11-13-25)26-14-8-18(9-15-26)22(27)24-19-5-3-6-19/h2,4,7,18-19,21H,3,5-6,8-16H2,1H3,(H,24,27). The lowest BCUT2D eigenvalue weighted by Gasteiger charge is -2.41. The molecule has 0 bridgehead atoms. The second-order valence-corrected chi connectivity index (χ2v) is 8.72. The smallest absolute Gasteiger partial charge is 0.223 e. The molecule has 0 radical (unpaired) electrons. The van der Waals surface area contributed by atoms with E-state index in [1.54, 1.807) is 0 Å².